The van der Waals surface area contributed by atoms with Crippen LogP contribution >= 0.6 is 0 Å². The second-order valence-corrected chi connectivity index (χ2v) is 4.38. The Morgan fingerprint density at radius 3 is 2.75 bits per heavy atom. The molecule has 0 saturated carbocycles. The number of rotatable bonds is 4. The minimum absolute atomic E-state index is 0.182. The summed E-state index contributed by atoms with van der Waals surface area (Å²) < 4.78 is 7.40. The normalized spacial score (nSPS) is 10.3. The van der Waals surface area contributed by atoms with Crippen LogP contribution in [0.25, 0.3) is 5.69 Å². The molecular weight excluding hydrogens is 254 g/mol. The van der Waals surface area contributed by atoms with Crippen LogP contribution in [0.3, 0.4) is 0 Å². The van der Waals surface area contributed by atoms with Gasteiger partial charge in [0.15, 0.2) is 5.43 Å². The number of amidine groups is 1. The molecule has 1 aromatic heterocycles. The van der Waals surface area contributed by atoms with Crippen LogP contribution in [-0.2, 0) is 0 Å². The molecule has 5 nitrogen and oxygen atoms in total. The first-order valence-electron chi connectivity index (χ1n) is 6.34. The topological polar surface area (TPSA) is 81.1 Å². The number of aromatic nitrogens is 1. The molecule has 20 heavy (non-hydrogen) atoms. The van der Waals surface area contributed by atoms with Crippen LogP contribution in [0.15, 0.2) is 41.3 Å². The highest BCUT2D eigenvalue weighted by atomic mass is 16.5. The number of ether oxygens (including phenoxy) is 1. The third-order valence-corrected chi connectivity index (χ3v) is 2.96. The van der Waals surface area contributed by atoms with E-state index in [-0.39, 0.29) is 16.8 Å². The number of nitrogens with zero attached hydrogens (tertiary/aromatic N) is 1. The lowest BCUT2D eigenvalue weighted by Crippen LogP contribution is -2.23. The smallest absolute Gasteiger partial charge is 0.192 e. The van der Waals surface area contributed by atoms with Crippen molar-refractivity contribution >= 4 is 5.84 Å². The molecule has 2 rings (SSSR count). The Morgan fingerprint density at radius 1 is 1.40 bits per heavy atom. The van der Waals surface area contributed by atoms with Gasteiger partial charge in [0.1, 0.15) is 11.6 Å². The van der Waals surface area contributed by atoms with E-state index in [0.29, 0.717) is 6.61 Å². The van der Waals surface area contributed by atoms with Gasteiger partial charge in [-0.1, -0.05) is 12.1 Å². The van der Waals surface area contributed by atoms with Crippen molar-refractivity contribution in [2.24, 2.45) is 5.73 Å². The Morgan fingerprint density at radius 2 is 2.10 bits per heavy atom. The minimum Gasteiger partial charge on any atom is -0.492 e. The van der Waals surface area contributed by atoms with Crippen molar-refractivity contribution in [2.75, 3.05) is 6.61 Å². The Kier molecular flexibility index (Phi) is 3.89. The highest BCUT2D eigenvalue weighted by molar-refractivity contribution is 5.94. The molecule has 1 aromatic carbocycles. The van der Waals surface area contributed by atoms with Gasteiger partial charge in [0.05, 0.1) is 17.9 Å². The van der Waals surface area contributed by atoms with Gasteiger partial charge in [-0.3, -0.25) is 10.2 Å². The summed E-state index contributed by atoms with van der Waals surface area (Å²) >= 11 is 0. The number of nitrogen functional groups attached to an aromatic ring is 1. The zero-order chi connectivity index (χ0) is 14.7. The number of para-hydroxylation sites is 2. The molecule has 1 heterocycles. The second-order valence-electron chi connectivity index (χ2n) is 4.38. The van der Waals surface area contributed by atoms with Crippen molar-refractivity contribution in [1.82, 2.24) is 4.57 Å². The first kappa shape index (κ1) is 13.9. The SMILES string of the molecule is CCOc1ccccc1-n1cc(C(=N)N)c(=O)cc1C. The average molecular weight is 271 g/mol. The van der Waals surface area contributed by atoms with Crippen molar-refractivity contribution in [1.29, 1.82) is 5.41 Å². The number of hydrogen-bond donors (Lipinski definition) is 2. The van der Waals surface area contributed by atoms with Crippen molar-refractivity contribution in [3.05, 3.63) is 58.0 Å². The number of pyridine rings is 1. The van der Waals surface area contributed by atoms with Gasteiger partial charge in [0, 0.05) is 18.0 Å². The van der Waals surface area contributed by atoms with Gasteiger partial charge in [-0.15, -0.1) is 0 Å². The number of nitrogens with one attached hydrogen (secondary N) is 1. The zero-order valence-electron chi connectivity index (χ0n) is 11.5. The van der Waals surface area contributed by atoms with Gasteiger partial charge in [-0.05, 0) is 26.0 Å². The van der Waals surface area contributed by atoms with E-state index >= 15 is 0 Å². The van der Waals surface area contributed by atoms with E-state index in [4.69, 9.17) is 15.9 Å². The maximum Gasteiger partial charge on any atom is 0.192 e. The summed E-state index contributed by atoms with van der Waals surface area (Å²) in [5.74, 6) is 0.480. The Labute approximate surface area is 117 Å². The molecule has 0 amide bonds. The molecule has 0 radical (unpaired) electrons. The van der Waals surface area contributed by atoms with Crippen molar-refractivity contribution in [3.63, 3.8) is 0 Å². The average Bonchev–Trinajstić information content (AvgIpc) is 2.40. The first-order chi connectivity index (χ1) is 9.54. The number of hydrogen-bond acceptors (Lipinski definition) is 3. The van der Waals surface area contributed by atoms with E-state index in [1.54, 1.807) is 6.20 Å². The van der Waals surface area contributed by atoms with Crippen molar-refractivity contribution in [3.8, 4) is 11.4 Å². The van der Waals surface area contributed by atoms with E-state index in [9.17, 15) is 4.79 Å². The molecule has 2 aromatic rings. The summed E-state index contributed by atoms with van der Waals surface area (Å²) in [5, 5.41) is 7.47. The lowest BCUT2D eigenvalue weighted by Gasteiger charge is -2.16. The lowest BCUT2D eigenvalue weighted by atomic mass is 10.2. The fourth-order valence-electron chi connectivity index (χ4n) is 2.03. The molecular formula is C15H17N3O2. The molecule has 3 N–H and O–H groups in total. The predicted octanol–water partition coefficient (Wildman–Crippen LogP) is 1.83. The van der Waals surface area contributed by atoms with E-state index in [1.807, 2.05) is 42.7 Å². The monoisotopic (exact) mass is 271 g/mol. The van der Waals surface area contributed by atoms with E-state index in [1.165, 1.54) is 6.07 Å². The van der Waals surface area contributed by atoms with Crippen LogP contribution in [0.5, 0.6) is 5.75 Å². The molecule has 0 spiro atoms. The molecule has 5 heteroatoms. The van der Waals surface area contributed by atoms with Crippen LogP contribution in [0.1, 0.15) is 18.2 Å². The summed E-state index contributed by atoms with van der Waals surface area (Å²) in [5.41, 5.74) is 6.95. The summed E-state index contributed by atoms with van der Waals surface area (Å²) in [7, 11) is 0. The van der Waals surface area contributed by atoms with Crippen LogP contribution in [0, 0.1) is 12.3 Å². The molecule has 0 fully saturated rings. The molecule has 0 aliphatic carbocycles. The summed E-state index contributed by atoms with van der Waals surface area (Å²) in [4.78, 5) is 11.8. The fraction of sp³-hybridized carbons (Fsp3) is 0.200. The van der Waals surface area contributed by atoms with Gasteiger partial charge in [-0.2, -0.15) is 0 Å². The third kappa shape index (κ3) is 2.56. The number of benzene rings is 1. The number of aryl methyl sites for hydroxylation is 1. The molecule has 0 atom stereocenters. The second kappa shape index (κ2) is 5.61. The largest absolute Gasteiger partial charge is 0.492 e. The van der Waals surface area contributed by atoms with Gasteiger partial charge in [0.25, 0.3) is 0 Å². The van der Waals surface area contributed by atoms with Gasteiger partial charge >= 0.3 is 0 Å². The van der Waals surface area contributed by atoms with Gasteiger partial charge in [-0.25, -0.2) is 0 Å². The van der Waals surface area contributed by atoms with Crippen LogP contribution < -0.4 is 15.9 Å². The fourth-order valence-corrected chi connectivity index (χ4v) is 2.03. The number of nitrogens with two attached hydrogens (primary N) is 1. The quantitative estimate of drug-likeness (QED) is 0.657. The Hall–Kier alpha value is -2.56. The van der Waals surface area contributed by atoms with E-state index in [0.717, 1.165) is 17.1 Å². The van der Waals surface area contributed by atoms with Crippen LogP contribution in [0.4, 0.5) is 0 Å². The van der Waals surface area contributed by atoms with E-state index in [2.05, 4.69) is 0 Å². The Balaban J connectivity index is 2.67. The third-order valence-electron chi connectivity index (χ3n) is 2.96. The highest BCUT2D eigenvalue weighted by Crippen LogP contribution is 2.23. The maximum atomic E-state index is 11.8. The zero-order valence-corrected chi connectivity index (χ0v) is 11.5. The molecule has 0 aliphatic heterocycles. The Bertz CT molecular complexity index is 705. The molecule has 0 unspecified atom stereocenters. The van der Waals surface area contributed by atoms with E-state index < -0.39 is 0 Å². The summed E-state index contributed by atoms with van der Waals surface area (Å²) in [6, 6.07) is 9.01. The molecule has 0 bridgehead atoms. The van der Waals surface area contributed by atoms with Crippen molar-refractivity contribution in [2.45, 2.75) is 13.8 Å². The summed E-state index contributed by atoms with van der Waals surface area (Å²) in [6.45, 7) is 4.29. The standard InChI is InChI=1S/C15H17N3O2/c1-3-20-14-7-5-4-6-12(14)18-9-11(15(16)17)13(19)8-10(18)2/h4-9H,3H2,1-2H3,(H3,16,17). The summed E-state index contributed by atoms with van der Waals surface area (Å²) in [6.07, 6.45) is 1.58. The van der Waals surface area contributed by atoms with Crippen LogP contribution in [0.2, 0.25) is 0 Å². The predicted molar refractivity (Wildman–Crippen MR) is 79.0 cm³/mol. The van der Waals surface area contributed by atoms with Gasteiger partial charge in [0.2, 0.25) is 0 Å². The molecule has 0 saturated heterocycles. The van der Waals surface area contributed by atoms with Crippen molar-refractivity contribution < 1.29 is 4.74 Å². The van der Waals surface area contributed by atoms with Crippen LogP contribution in [-0.4, -0.2) is 17.0 Å². The van der Waals surface area contributed by atoms with Gasteiger partial charge < -0.3 is 15.0 Å². The lowest BCUT2D eigenvalue weighted by molar-refractivity contribution is 0.339. The molecule has 104 valence electrons. The minimum atomic E-state index is -0.250. The highest BCUT2D eigenvalue weighted by Gasteiger charge is 2.10. The first-order valence-corrected chi connectivity index (χ1v) is 6.34. The molecule has 0 aliphatic rings. The maximum absolute atomic E-state index is 11.8.